The number of carbonyl (C=O) groups excluding carboxylic acids is 1. The number of hydrogen-bond acceptors (Lipinski definition) is 2. The number of urea groups is 1. The third kappa shape index (κ3) is 3.74. The van der Waals surface area contributed by atoms with Crippen molar-refractivity contribution in [3.63, 3.8) is 0 Å². The lowest BCUT2D eigenvalue weighted by Gasteiger charge is -2.34. The molecule has 0 spiro atoms. The Morgan fingerprint density at radius 3 is 2.76 bits per heavy atom. The average molecular weight is 290 g/mol. The molecular weight excluding hydrogens is 268 g/mol. The zero-order valence-corrected chi connectivity index (χ0v) is 12.6. The third-order valence-electron chi connectivity index (χ3n) is 4.04. The van der Waals surface area contributed by atoms with Crippen LogP contribution in [-0.4, -0.2) is 47.0 Å². The van der Waals surface area contributed by atoms with Crippen molar-refractivity contribution >= 4 is 12.0 Å². The summed E-state index contributed by atoms with van der Waals surface area (Å²) in [5.41, 5.74) is 2.26. The van der Waals surface area contributed by atoms with Gasteiger partial charge in [0.2, 0.25) is 0 Å². The lowest BCUT2D eigenvalue weighted by Crippen LogP contribution is -2.47. The van der Waals surface area contributed by atoms with Gasteiger partial charge in [-0.1, -0.05) is 24.3 Å². The highest BCUT2D eigenvalue weighted by Crippen LogP contribution is 2.18. The second-order valence-corrected chi connectivity index (χ2v) is 5.69. The first kappa shape index (κ1) is 15.4. The SMILES string of the molecule is Cc1ccccc1CN(C)C(=O)N1CCC[C@H](C(=O)O)C1. The molecule has 1 N–H and O–H groups in total. The van der Waals surface area contributed by atoms with Crippen molar-refractivity contribution in [3.05, 3.63) is 35.4 Å². The molecule has 0 saturated carbocycles. The van der Waals surface area contributed by atoms with Crippen LogP contribution >= 0.6 is 0 Å². The summed E-state index contributed by atoms with van der Waals surface area (Å²) in [6.45, 7) is 3.52. The number of aryl methyl sites for hydroxylation is 1. The Morgan fingerprint density at radius 1 is 1.38 bits per heavy atom. The van der Waals surface area contributed by atoms with Crippen LogP contribution in [0.2, 0.25) is 0 Å². The number of nitrogens with zero attached hydrogens (tertiary/aromatic N) is 2. The van der Waals surface area contributed by atoms with Crippen LogP contribution in [-0.2, 0) is 11.3 Å². The van der Waals surface area contributed by atoms with Gasteiger partial charge in [0.25, 0.3) is 0 Å². The van der Waals surface area contributed by atoms with Gasteiger partial charge in [-0.15, -0.1) is 0 Å². The number of rotatable bonds is 3. The molecule has 1 saturated heterocycles. The number of hydrogen-bond donors (Lipinski definition) is 1. The molecule has 1 aromatic carbocycles. The van der Waals surface area contributed by atoms with Crippen molar-refractivity contribution in [2.45, 2.75) is 26.3 Å². The fourth-order valence-corrected chi connectivity index (χ4v) is 2.70. The molecule has 1 atom stereocenters. The fraction of sp³-hybridized carbons (Fsp3) is 0.500. The number of carbonyl (C=O) groups is 2. The lowest BCUT2D eigenvalue weighted by molar-refractivity contribution is -0.143. The minimum atomic E-state index is -0.811. The van der Waals surface area contributed by atoms with Crippen molar-refractivity contribution in [2.24, 2.45) is 5.92 Å². The Hall–Kier alpha value is -2.04. The summed E-state index contributed by atoms with van der Waals surface area (Å²) in [5.74, 6) is -1.25. The zero-order valence-electron chi connectivity index (χ0n) is 12.6. The molecule has 1 aliphatic heterocycles. The number of benzene rings is 1. The van der Waals surface area contributed by atoms with Crippen LogP contribution in [0.4, 0.5) is 4.79 Å². The van der Waals surface area contributed by atoms with Gasteiger partial charge < -0.3 is 14.9 Å². The van der Waals surface area contributed by atoms with Gasteiger partial charge in [-0.05, 0) is 30.9 Å². The van der Waals surface area contributed by atoms with E-state index in [-0.39, 0.29) is 6.03 Å². The molecule has 114 valence electrons. The standard InChI is InChI=1S/C16H22N2O3/c1-12-6-3-4-7-13(12)10-17(2)16(21)18-9-5-8-14(11-18)15(19)20/h3-4,6-7,14H,5,8-11H2,1-2H3,(H,19,20)/t14-/m0/s1. The van der Waals surface area contributed by atoms with Gasteiger partial charge in [-0.3, -0.25) is 4.79 Å². The maximum atomic E-state index is 12.4. The first-order chi connectivity index (χ1) is 9.99. The predicted molar refractivity (Wildman–Crippen MR) is 80.0 cm³/mol. The van der Waals surface area contributed by atoms with Crippen LogP contribution in [0.3, 0.4) is 0 Å². The van der Waals surface area contributed by atoms with Crippen molar-refractivity contribution in [2.75, 3.05) is 20.1 Å². The summed E-state index contributed by atoms with van der Waals surface area (Å²) < 4.78 is 0. The second kappa shape index (κ2) is 6.61. The molecule has 21 heavy (non-hydrogen) atoms. The van der Waals surface area contributed by atoms with E-state index in [1.165, 1.54) is 0 Å². The normalized spacial score (nSPS) is 18.4. The summed E-state index contributed by atoms with van der Waals surface area (Å²) in [6.07, 6.45) is 1.40. The molecular formula is C16H22N2O3. The molecule has 0 bridgehead atoms. The van der Waals surface area contributed by atoms with Gasteiger partial charge in [0.15, 0.2) is 0 Å². The van der Waals surface area contributed by atoms with Crippen LogP contribution < -0.4 is 0 Å². The fourth-order valence-electron chi connectivity index (χ4n) is 2.70. The minimum absolute atomic E-state index is 0.0933. The monoisotopic (exact) mass is 290 g/mol. The average Bonchev–Trinajstić information content (AvgIpc) is 2.49. The number of carboxylic acid groups (broad SMARTS) is 1. The number of carboxylic acids is 1. The van der Waals surface area contributed by atoms with Crippen molar-refractivity contribution in [3.8, 4) is 0 Å². The third-order valence-corrected chi connectivity index (χ3v) is 4.04. The molecule has 2 amide bonds. The number of piperidine rings is 1. The smallest absolute Gasteiger partial charge is 0.320 e. The summed E-state index contributed by atoms with van der Waals surface area (Å²) in [4.78, 5) is 26.8. The first-order valence-electron chi connectivity index (χ1n) is 7.26. The van der Waals surface area contributed by atoms with Crippen LogP contribution in [0, 0.1) is 12.8 Å². The summed E-state index contributed by atoms with van der Waals surface area (Å²) in [7, 11) is 1.76. The maximum absolute atomic E-state index is 12.4. The zero-order chi connectivity index (χ0) is 15.4. The van der Waals surface area contributed by atoms with E-state index in [0.717, 1.165) is 17.5 Å². The molecule has 0 unspecified atom stereocenters. The topological polar surface area (TPSA) is 60.9 Å². The highest BCUT2D eigenvalue weighted by atomic mass is 16.4. The Balaban J connectivity index is 1.99. The Labute approximate surface area is 125 Å². The maximum Gasteiger partial charge on any atom is 0.320 e. The quantitative estimate of drug-likeness (QED) is 0.929. The van der Waals surface area contributed by atoms with E-state index in [1.54, 1.807) is 16.8 Å². The lowest BCUT2D eigenvalue weighted by atomic mass is 9.98. The molecule has 0 aromatic heterocycles. The Kier molecular flexibility index (Phi) is 4.83. The predicted octanol–water partition coefficient (Wildman–Crippen LogP) is 2.34. The highest BCUT2D eigenvalue weighted by molar-refractivity contribution is 5.76. The van der Waals surface area contributed by atoms with Gasteiger partial charge >= 0.3 is 12.0 Å². The van der Waals surface area contributed by atoms with Crippen LogP contribution in [0.15, 0.2) is 24.3 Å². The molecule has 1 fully saturated rings. The van der Waals surface area contributed by atoms with E-state index in [9.17, 15) is 9.59 Å². The largest absolute Gasteiger partial charge is 0.481 e. The van der Waals surface area contributed by atoms with E-state index < -0.39 is 11.9 Å². The molecule has 5 heteroatoms. The van der Waals surface area contributed by atoms with E-state index in [2.05, 4.69) is 0 Å². The van der Waals surface area contributed by atoms with Gasteiger partial charge in [-0.2, -0.15) is 0 Å². The number of aliphatic carboxylic acids is 1. The van der Waals surface area contributed by atoms with Gasteiger partial charge in [-0.25, -0.2) is 4.79 Å². The molecule has 1 heterocycles. The van der Waals surface area contributed by atoms with Crippen LogP contribution in [0.1, 0.15) is 24.0 Å². The van der Waals surface area contributed by atoms with Crippen molar-refractivity contribution in [1.82, 2.24) is 9.80 Å². The molecule has 1 aromatic rings. The van der Waals surface area contributed by atoms with E-state index in [4.69, 9.17) is 5.11 Å². The molecule has 5 nitrogen and oxygen atoms in total. The summed E-state index contributed by atoms with van der Waals surface area (Å²) in [6, 6.07) is 7.87. The molecule has 2 rings (SSSR count). The van der Waals surface area contributed by atoms with Crippen LogP contribution in [0.25, 0.3) is 0 Å². The number of amides is 2. The number of likely N-dealkylation sites (tertiary alicyclic amines) is 1. The van der Waals surface area contributed by atoms with Crippen LogP contribution in [0.5, 0.6) is 0 Å². The van der Waals surface area contributed by atoms with Crippen molar-refractivity contribution in [1.29, 1.82) is 0 Å². The minimum Gasteiger partial charge on any atom is -0.481 e. The van der Waals surface area contributed by atoms with Gasteiger partial charge in [0.1, 0.15) is 0 Å². The summed E-state index contributed by atoms with van der Waals surface area (Å²) >= 11 is 0. The molecule has 0 aliphatic carbocycles. The summed E-state index contributed by atoms with van der Waals surface area (Å²) in [5, 5.41) is 9.10. The van der Waals surface area contributed by atoms with Crippen molar-refractivity contribution < 1.29 is 14.7 Å². The molecule has 0 radical (unpaired) electrons. The Morgan fingerprint density at radius 2 is 2.10 bits per heavy atom. The molecule has 1 aliphatic rings. The highest BCUT2D eigenvalue weighted by Gasteiger charge is 2.29. The second-order valence-electron chi connectivity index (χ2n) is 5.69. The van der Waals surface area contributed by atoms with E-state index >= 15 is 0 Å². The Bertz CT molecular complexity index is 530. The van der Waals surface area contributed by atoms with E-state index in [0.29, 0.717) is 26.1 Å². The first-order valence-corrected chi connectivity index (χ1v) is 7.26. The van der Waals surface area contributed by atoms with Gasteiger partial charge in [0.05, 0.1) is 5.92 Å². The van der Waals surface area contributed by atoms with E-state index in [1.807, 2.05) is 31.2 Å². The van der Waals surface area contributed by atoms with Gasteiger partial charge in [0, 0.05) is 26.7 Å².